The molecule has 3 N–H and O–H groups in total. The van der Waals surface area contributed by atoms with Gasteiger partial charge in [0.15, 0.2) is 0 Å². The summed E-state index contributed by atoms with van der Waals surface area (Å²) in [7, 11) is -3.82. The Kier molecular flexibility index (Phi) is 6.17. The maximum Gasteiger partial charge on any atom is 0.241 e. The van der Waals surface area contributed by atoms with Crippen LogP contribution in [0.5, 0.6) is 0 Å². The van der Waals surface area contributed by atoms with Crippen molar-refractivity contribution in [3.63, 3.8) is 0 Å². The normalized spacial score (nSPS) is 25.3. The smallest absolute Gasteiger partial charge is 0.241 e. The third kappa shape index (κ3) is 4.24. The van der Waals surface area contributed by atoms with Gasteiger partial charge in [-0.25, -0.2) is 8.42 Å². The number of aryl methyl sites for hydroxylation is 2. The van der Waals surface area contributed by atoms with Crippen molar-refractivity contribution in [1.82, 2.24) is 4.72 Å². The number of alkyl halides is 1. The monoisotopic (exact) mass is 434 g/mol. The Bertz CT molecular complexity index is 984. The summed E-state index contributed by atoms with van der Waals surface area (Å²) in [6, 6.07) is 13.0. The first-order chi connectivity index (χ1) is 13.5. The van der Waals surface area contributed by atoms with Gasteiger partial charge >= 0.3 is 0 Å². The maximum absolute atomic E-state index is 13.4. The van der Waals surface area contributed by atoms with Crippen LogP contribution in [0.15, 0.2) is 47.4 Å². The SMILES string of the molecule is Cc1ccc(S(=O)(=O)N[C@@]2(c3ccc(C)cc3C(C)C)CCCC[C@@]2(N)Cl)cc1. The van der Waals surface area contributed by atoms with Crippen LogP contribution < -0.4 is 10.5 Å². The van der Waals surface area contributed by atoms with Crippen molar-refractivity contribution in [2.75, 3.05) is 0 Å². The highest BCUT2D eigenvalue weighted by molar-refractivity contribution is 7.89. The van der Waals surface area contributed by atoms with Crippen molar-refractivity contribution in [2.45, 2.75) is 74.7 Å². The van der Waals surface area contributed by atoms with E-state index in [0.717, 1.165) is 35.1 Å². The lowest BCUT2D eigenvalue weighted by Crippen LogP contribution is -2.65. The molecule has 0 bridgehead atoms. The molecular weight excluding hydrogens is 404 g/mol. The van der Waals surface area contributed by atoms with Crippen LogP contribution in [0, 0.1) is 13.8 Å². The summed E-state index contributed by atoms with van der Waals surface area (Å²) in [5, 5.41) is 0. The highest BCUT2D eigenvalue weighted by atomic mass is 35.5. The Labute approximate surface area is 179 Å². The van der Waals surface area contributed by atoms with Gasteiger partial charge in [0, 0.05) is 0 Å². The first-order valence-electron chi connectivity index (χ1n) is 10.2. The van der Waals surface area contributed by atoms with Gasteiger partial charge in [-0.2, -0.15) is 4.72 Å². The molecule has 29 heavy (non-hydrogen) atoms. The van der Waals surface area contributed by atoms with Crippen LogP contribution in [0.3, 0.4) is 0 Å². The zero-order chi connectivity index (χ0) is 21.4. The Morgan fingerprint density at radius 2 is 1.59 bits per heavy atom. The van der Waals surface area contributed by atoms with Crippen LogP contribution in [0.4, 0.5) is 0 Å². The molecule has 2 aromatic carbocycles. The number of nitrogens with one attached hydrogen (secondary N) is 1. The molecule has 0 saturated heterocycles. The van der Waals surface area contributed by atoms with Crippen molar-refractivity contribution in [3.05, 3.63) is 64.7 Å². The fourth-order valence-corrected chi connectivity index (χ4v) is 6.20. The molecule has 2 aromatic rings. The van der Waals surface area contributed by atoms with Crippen molar-refractivity contribution < 1.29 is 8.42 Å². The Morgan fingerprint density at radius 1 is 1.00 bits per heavy atom. The highest BCUT2D eigenvalue weighted by Gasteiger charge is 2.53. The summed E-state index contributed by atoms with van der Waals surface area (Å²) in [4.78, 5) is -0.999. The number of benzene rings is 2. The van der Waals surface area contributed by atoms with E-state index in [-0.39, 0.29) is 10.8 Å². The fraction of sp³-hybridized carbons (Fsp3) is 0.478. The van der Waals surface area contributed by atoms with Crippen LogP contribution in [-0.2, 0) is 15.6 Å². The minimum atomic E-state index is -3.82. The molecule has 6 heteroatoms. The molecular formula is C23H31ClN2O2S. The quantitative estimate of drug-likeness (QED) is 0.509. The first kappa shape index (κ1) is 22.3. The molecule has 0 spiro atoms. The molecule has 1 saturated carbocycles. The third-order valence-corrected chi connectivity index (χ3v) is 8.00. The van der Waals surface area contributed by atoms with E-state index < -0.39 is 20.6 Å². The summed E-state index contributed by atoms with van der Waals surface area (Å²) in [6.07, 6.45) is 2.82. The summed E-state index contributed by atoms with van der Waals surface area (Å²) in [6.45, 7) is 8.18. The molecule has 3 rings (SSSR count). The van der Waals surface area contributed by atoms with Crippen molar-refractivity contribution in [2.24, 2.45) is 5.73 Å². The minimum Gasteiger partial charge on any atom is -0.311 e. The second kappa shape index (κ2) is 8.03. The molecule has 4 nitrogen and oxygen atoms in total. The van der Waals surface area contributed by atoms with E-state index in [1.54, 1.807) is 24.3 Å². The van der Waals surface area contributed by atoms with Crippen LogP contribution in [0.1, 0.15) is 67.7 Å². The molecule has 1 aliphatic carbocycles. The number of halogens is 1. The molecule has 0 unspecified atom stereocenters. The van der Waals surface area contributed by atoms with E-state index in [2.05, 4.69) is 24.6 Å². The van der Waals surface area contributed by atoms with E-state index in [0.29, 0.717) is 12.8 Å². The molecule has 0 heterocycles. The molecule has 0 radical (unpaired) electrons. The zero-order valence-corrected chi connectivity index (χ0v) is 19.2. The molecule has 1 fully saturated rings. The van der Waals surface area contributed by atoms with Gasteiger partial charge in [-0.3, -0.25) is 0 Å². The second-order valence-electron chi connectivity index (χ2n) is 8.64. The zero-order valence-electron chi connectivity index (χ0n) is 17.6. The van der Waals surface area contributed by atoms with E-state index in [1.165, 1.54) is 0 Å². The number of sulfonamides is 1. The first-order valence-corrected chi connectivity index (χ1v) is 12.0. The lowest BCUT2D eigenvalue weighted by Gasteiger charge is -2.49. The van der Waals surface area contributed by atoms with Gasteiger partial charge in [0.2, 0.25) is 10.0 Å². The number of rotatable bonds is 5. The Morgan fingerprint density at radius 3 is 2.17 bits per heavy atom. The maximum atomic E-state index is 13.4. The average molecular weight is 435 g/mol. The van der Waals surface area contributed by atoms with Gasteiger partial charge in [0.05, 0.1) is 10.4 Å². The van der Waals surface area contributed by atoms with Crippen LogP contribution in [-0.4, -0.2) is 13.4 Å². The summed E-state index contributed by atoms with van der Waals surface area (Å²) >= 11 is 6.92. The van der Waals surface area contributed by atoms with Crippen LogP contribution in [0.25, 0.3) is 0 Å². The van der Waals surface area contributed by atoms with Crippen LogP contribution >= 0.6 is 11.6 Å². The van der Waals surface area contributed by atoms with Crippen molar-refractivity contribution in [1.29, 1.82) is 0 Å². The molecule has 2 atom stereocenters. The highest BCUT2D eigenvalue weighted by Crippen LogP contribution is 2.48. The molecule has 158 valence electrons. The molecule has 0 amide bonds. The lowest BCUT2D eigenvalue weighted by atomic mass is 9.70. The largest absolute Gasteiger partial charge is 0.311 e. The standard InChI is InChI=1S/C23H31ClN2O2S/c1-16(2)20-15-18(4)9-12-21(20)22(13-5-6-14-23(22,24)25)26-29(27,28)19-10-7-17(3)8-11-19/h7-12,15-16,26H,5-6,13-14,25H2,1-4H3/t22-,23+/m1/s1. The molecule has 1 aliphatic rings. The van der Waals surface area contributed by atoms with Gasteiger partial charge in [-0.05, 0) is 55.9 Å². The molecule has 0 aromatic heterocycles. The summed E-state index contributed by atoms with van der Waals surface area (Å²) in [5.74, 6) is 0.208. The number of hydrogen-bond donors (Lipinski definition) is 2. The fourth-order valence-electron chi connectivity index (χ4n) is 4.30. The predicted molar refractivity (Wildman–Crippen MR) is 120 cm³/mol. The van der Waals surface area contributed by atoms with E-state index in [4.69, 9.17) is 17.3 Å². The lowest BCUT2D eigenvalue weighted by molar-refractivity contribution is 0.197. The van der Waals surface area contributed by atoms with Gasteiger partial charge in [0.1, 0.15) is 5.00 Å². The van der Waals surface area contributed by atoms with E-state index >= 15 is 0 Å². The number of nitrogens with two attached hydrogens (primary N) is 1. The average Bonchev–Trinajstić information content (AvgIpc) is 2.63. The van der Waals surface area contributed by atoms with E-state index in [9.17, 15) is 8.42 Å². The van der Waals surface area contributed by atoms with Gasteiger partial charge in [0.25, 0.3) is 0 Å². The Hall–Kier alpha value is -1.40. The number of hydrogen-bond acceptors (Lipinski definition) is 3. The molecule has 0 aliphatic heterocycles. The van der Waals surface area contributed by atoms with Crippen molar-refractivity contribution >= 4 is 21.6 Å². The summed E-state index contributed by atoms with van der Waals surface area (Å²) < 4.78 is 29.8. The van der Waals surface area contributed by atoms with Gasteiger partial charge < -0.3 is 5.73 Å². The third-order valence-electron chi connectivity index (χ3n) is 5.98. The van der Waals surface area contributed by atoms with Gasteiger partial charge in [-0.15, -0.1) is 0 Å². The predicted octanol–water partition coefficient (Wildman–Crippen LogP) is 5.07. The summed E-state index contributed by atoms with van der Waals surface area (Å²) in [5.41, 5.74) is 9.65. The topological polar surface area (TPSA) is 72.2 Å². The van der Waals surface area contributed by atoms with E-state index in [1.807, 2.05) is 26.0 Å². The van der Waals surface area contributed by atoms with Crippen molar-refractivity contribution in [3.8, 4) is 0 Å². The second-order valence-corrected chi connectivity index (χ2v) is 11.0. The van der Waals surface area contributed by atoms with Crippen LogP contribution in [0.2, 0.25) is 0 Å². The minimum absolute atomic E-state index is 0.208. The Balaban J connectivity index is 2.20. The van der Waals surface area contributed by atoms with Gasteiger partial charge in [-0.1, -0.05) is 79.7 Å².